The molecule has 0 aromatic rings. The molecule has 0 aliphatic heterocycles. The highest BCUT2D eigenvalue weighted by molar-refractivity contribution is 6.62. The Morgan fingerprint density at radius 3 is 0.929 bits per heavy atom. The van der Waals surface area contributed by atoms with Gasteiger partial charge in [-0.25, -0.2) is 12.3 Å². The summed E-state index contributed by atoms with van der Waals surface area (Å²) in [6.07, 6.45) is 0. The molecule has 0 nitrogen and oxygen atoms in total. The lowest BCUT2D eigenvalue weighted by Crippen LogP contribution is -2.48. The van der Waals surface area contributed by atoms with Crippen molar-refractivity contribution in [2.45, 2.75) is 46.6 Å². The molecule has 0 N–H and O–H groups in total. The molecule has 0 saturated heterocycles. The zero-order chi connectivity index (χ0) is 11.7. The first-order valence-electron chi connectivity index (χ1n) is 5.15. The zero-order valence-corrected chi connectivity index (χ0v) is 10.9. The van der Waals surface area contributed by atoms with E-state index in [4.69, 9.17) is 0 Å². The summed E-state index contributed by atoms with van der Waals surface area (Å²) in [7, 11) is -5.63. The molecule has 4 heteroatoms. The fourth-order valence-corrected chi connectivity index (χ4v) is 4.95. The quantitative estimate of drug-likeness (QED) is 0.487. The lowest BCUT2D eigenvalue weighted by atomic mass is 9.76. The average Bonchev–Trinajstić information content (AvgIpc) is 1.79. The van der Waals surface area contributed by atoms with Crippen LogP contribution in [0.4, 0.5) is 12.3 Å². The van der Waals surface area contributed by atoms with Gasteiger partial charge in [-0.2, -0.15) is 0 Å². The van der Waals surface area contributed by atoms with Crippen LogP contribution in [0.5, 0.6) is 0 Å². The van der Waals surface area contributed by atoms with Crippen molar-refractivity contribution >= 4 is 9.08 Å². The maximum absolute atomic E-state index is 13.3. The standard InChI is InChI=1S/C10H21F3Si/c1-7(2)10(8(3)4,9(5)6)14(11,12)13/h7-9H,1-6H3. The van der Waals surface area contributed by atoms with E-state index in [1.807, 2.05) is 0 Å². The van der Waals surface area contributed by atoms with Gasteiger partial charge in [0.2, 0.25) is 0 Å². The van der Waals surface area contributed by atoms with E-state index in [0.29, 0.717) is 0 Å². The second-order valence-electron chi connectivity index (χ2n) is 4.89. The van der Waals surface area contributed by atoms with Gasteiger partial charge in [0.15, 0.2) is 0 Å². The predicted molar refractivity (Wildman–Crippen MR) is 56.3 cm³/mol. The third-order valence-corrected chi connectivity index (χ3v) is 6.07. The molecule has 14 heavy (non-hydrogen) atoms. The lowest BCUT2D eigenvalue weighted by molar-refractivity contribution is 0.164. The molecule has 0 bridgehead atoms. The van der Waals surface area contributed by atoms with Gasteiger partial charge in [-0.05, 0) is 17.8 Å². The van der Waals surface area contributed by atoms with Crippen LogP contribution < -0.4 is 0 Å². The lowest BCUT2D eigenvalue weighted by Gasteiger charge is -2.44. The van der Waals surface area contributed by atoms with E-state index in [2.05, 4.69) is 0 Å². The molecule has 0 spiro atoms. The van der Waals surface area contributed by atoms with Crippen LogP contribution in [0.15, 0.2) is 0 Å². The molecular formula is C10H21F3Si. The van der Waals surface area contributed by atoms with E-state index in [1.54, 1.807) is 41.5 Å². The predicted octanol–water partition coefficient (Wildman–Crippen LogP) is 4.54. The van der Waals surface area contributed by atoms with Crippen LogP contribution >= 0.6 is 0 Å². The van der Waals surface area contributed by atoms with Crippen molar-refractivity contribution in [1.82, 2.24) is 0 Å². The summed E-state index contributed by atoms with van der Waals surface area (Å²) in [5.74, 6) is -0.975. The normalized spacial score (nSPS) is 14.6. The van der Waals surface area contributed by atoms with Gasteiger partial charge in [-0.1, -0.05) is 41.5 Å². The monoisotopic (exact) mass is 226 g/mol. The SMILES string of the molecule is CC(C)C(C(C)C)(C(C)C)[Si](F)(F)F. The smallest absolute Gasteiger partial charge is 0.237 e. The molecular weight excluding hydrogens is 205 g/mol. The average molecular weight is 226 g/mol. The molecule has 0 heterocycles. The van der Waals surface area contributed by atoms with Crippen LogP contribution in [0.3, 0.4) is 0 Å². The molecule has 0 aliphatic carbocycles. The molecule has 86 valence electrons. The number of hydrogen-bond acceptors (Lipinski definition) is 0. The molecule has 0 aromatic carbocycles. The van der Waals surface area contributed by atoms with Gasteiger partial charge in [0, 0.05) is 0 Å². The van der Waals surface area contributed by atoms with E-state index < -0.39 is 14.1 Å². The first-order chi connectivity index (χ1) is 6.08. The largest absolute Gasteiger partial charge is 0.623 e. The van der Waals surface area contributed by atoms with Crippen LogP contribution in [0, 0.1) is 17.8 Å². The molecule has 0 aliphatic rings. The minimum atomic E-state index is -5.63. The molecule has 0 fully saturated rings. The fraction of sp³-hybridized carbons (Fsp3) is 1.00. The highest BCUT2D eigenvalue weighted by Gasteiger charge is 2.64. The van der Waals surface area contributed by atoms with Crippen LogP contribution in [0.25, 0.3) is 0 Å². The minimum absolute atomic E-state index is 0.325. The summed E-state index contributed by atoms with van der Waals surface area (Å²) >= 11 is 0. The Labute approximate surface area is 86.4 Å². The summed E-state index contributed by atoms with van der Waals surface area (Å²) in [4.78, 5) is 0. The van der Waals surface area contributed by atoms with Gasteiger partial charge in [0.1, 0.15) is 0 Å². The number of hydrogen-bond donors (Lipinski definition) is 0. The van der Waals surface area contributed by atoms with Gasteiger partial charge >= 0.3 is 9.08 Å². The first-order valence-corrected chi connectivity index (χ1v) is 6.78. The maximum Gasteiger partial charge on any atom is 0.623 e. The summed E-state index contributed by atoms with van der Waals surface area (Å²) in [6, 6.07) is 0. The fourth-order valence-electron chi connectivity index (χ4n) is 2.98. The van der Waals surface area contributed by atoms with Crippen molar-refractivity contribution < 1.29 is 12.3 Å². The Bertz CT molecular complexity index is 161. The molecule has 0 aromatic heterocycles. The van der Waals surface area contributed by atoms with E-state index in [-0.39, 0.29) is 17.8 Å². The molecule has 0 amide bonds. The van der Waals surface area contributed by atoms with Gasteiger partial charge in [0.05, 0.1) is 5.04 Å². The van der Waals surface area contributed by atoms with E-state index in [1.165, 1.54) is 0 Å². The number of rotatable bonds is 4. The van der Waals surface area contributed by atoms with Gasteiger partial charge in [0.25, 0.3) is 0 Å². The summed E-state index contributed by atoms with van der Waals surface area (Å²) in [5.41, 5.74) is 0. The van der Waals surface area contributed by atoms with E-state index >= 15 is 0 Å². The van der Waals surface area contributed by atoms with Gasteiger partial charge < -0.3 is 0 Å². The van der Waals surface area contributed by atoms with E-state index in [0.717, 1.165) is 0 Å². The third kappa shape index (κ3) is 1.99. The van der Waals surface area contributed by atoms with Crippen molar-refractivity contribution in [2.24, 2.45) is 17.8 Å². The van der Waals surface area contributed by atoms with Crippen molar-refractivity contribution in [3.63, 3.8) is 0 Å². The van der Waals surface area contributed by atoms with E-state index in [9.17, 15) is 12.3 Å². The zero-order valence-electron chi connectivity index (χ0n) is 9.87. The Balaban J connectivity index is 5.40. The summed E-state index contributed by atoms with van der Waals surface area (Å²) < 4.78 is 39.8. The van der Waals surface area contributed by atoms with Crippen LogP contribution in [-0.2, 0) is 0 Å². The minimum Gasteiger partial charge on any atom is -0.237 e. The van der Waals surface area contributed by atoms with Crippen LogP contribution in [0.2, 0.25) is 5.04 Å². The molecule has 0 atom stereocenters. The molecule has 0 unspecified atom stereocenters. The molecule has 0 rings (SSSR count). The van der Waals surface area contributed by atoms with Crippen LogP contribution in [-0.4, -0.2) is 9.08 Å². The second kappa shape index (κ2) is 4.25. The Kier molecular flexibility index (Phi) is 4.25. The topological polar surface area (TPSA) is 0 Å². The number of halogens is 3. The second-order valence-corrected chi connectivity index (χ2v) is 6.76. The Hall–Kier alpha value is 0.00688. The van der Waals surface area contributed by atoms with Crippen molar-refractivity contribution in [3.05, 3.63) is 0 Å². The van der Waals surface area contributed by atoms with Crippen molar-refractivity contribution in [3.8, 4) is 0 Å². The van der Waals surface area contributed by atoms with Crippen LogP contribution in [0.1, 0.15) is 41.5 Å². The Morgan fingerprint density at radius 2 is 0.929 bits per heavy atom. The van der Waals surface area contributed by atoms with Gasteiger partial charge in [-0.15, -0.1) is 0 Å². The summed E-state index contributed by atoms with van der Waals surface area (Å²) in [6.45, 7) is 10.2. The summed E-state index contributed by atoms with van der Waals surface area (Å²) in [5, 5.41) is -1.42. The Morgan fingerprint density at radius 1 is 0.714 bits per heavy atom. The molecule has 0 radical (unpaired) electrons. The highest BCUT2D eigenvalue weighted by atomic mass is 28.5. The third-order valence-electron chi connectivity index (χ3n) is 3.36. The molecule has 0 saturated carbocycles. The first kappa shape index (κ1) is 14.0. The highest BCUT2D eigenvalue weighted by Crippen LogP contribution is 2.58. The van der Waals surface area contributed by atoms with Crippen molar-refractivity contribution in [2.75, 3.05) is 0 Å². The van der Waals surface area contributed by atoms with Crippen molar-refractivity contribution in [1.29, 1.82) is 0 Å². The van der Waals surface area contributed by atoms with Gasteiger partial charge in [-0.3, -0.25) is 0 Å². The maximum atomic E-state index is 13.3.